The molecule has 0 aliphatic carbocycles. The molecule has 0 aromatic heterocycles. The highest BCUT2D eigenvalue weighted by molar-refractivity contribution is 5.74. The van der Waals surface area contributed by atoms with Crippen LogP contribution in [0.5, 0.6) is 0 Å². The van der Waals surface area contributed by atoms with Crippen molar-refractivity contribution in [3.05, 3.63) is 59.9 Å². The summed E-state index contributed by atoms with van der Waals surface area (Å²) in [4.78, 5) is 11.8. The van der Waals surface area contributed by atoms with Crippen molar-refractivity contribution in [3.63, 3.8) is 0 Å². The Balaban J connectivity index is 1.99. The monoisotopic (exact) mass is 332 g/mol. The van der Waals surface area contributed by atoms with Gasteiger partial charge in [-0.15, -0.1) is 0 Å². The van der Waals surface area contributed by atoms with E-state index < -0.39 is 12.1 Å². The third-order valence-electron chi connectivity index (χ3n) is 3.71. The van der Waals surface area contributed by atoms with Crippen LogP contribution in [0, 0.1) is 5.82 Å². The van der Waals surface area contributed by atoms with Gasteiger partial charge in [-0.05, 0) is 35.7 Å². The van der Waals surface area contributed by atoms with E-state index in [9.17, 15) is 9.18 Å². The van der Waals surface area contributed by atoms with Crippen LogP contribution < -0.4 is 10.6 Å². The average molecular weight is 332 g/mol. The number of hydrogen-bond acceptors (Lipinski definition) is 3. The van der Waals surface area contributed by atoms with Crippen molar-refractivity contribution in [2.75, 3.05) is 13.2 Å². The SMILES string of the molecule is CC(NC(=O)NC(CO)CO)c1ccc(-c2ccc(F)cc2)cc1. The van der Waals surface area contributed by atoms with Gasteiger partial charge in [0.1, 0.15) is 5.82 Å². The quantitative estimate of drug-likeness (QED) is 0.655. The normalized spacial score (nSPS) is 12.0. The van der Waals surface area contributed by atoms with Crippen LogP contribution >= 0.6 is 0 Å². The Bertz CT molecular complexity index is 655. The molecule has 0 fully saturated rings. The highest BCUT2D eigenvalue weighted by Gasteiger charge is 2.13. The Morgan fingerprint density at radius 3 is 1.96 bits per heavy atom. The van der Waals surface area contributed by atoms with Gasteiger partial charge in [0.15, 0.2) is 0 Å². The minimum atomic E-state index is -0.682. The Hall–Kier alpha value is -2.44. The molecule has 0 spiro atoms. The number of rotatable bonds is 6. The number of amides is 2. The predicted molar refractivity (Wildman–Crippen MR) is 89.9 cm³/mol. The molecule has 0 radical (unpaired) electrons. The number of carbonyl (C=O) groups excluding carboxylic acids is 1. The van der Waals surface area contributed by atoms with E-state index >= 15 is 0 Å². The molecule has 24 heavy (non-hydrogen) atoms. The molecule has 2 rings (SSSR count). The predicted octanol–water partition coefficient (Wildman–Crippen LogP) is 2.21. The van der Waals surface area contributed by atoms with Crippen LogP contribution in [0.15, 0.2) is 48.5 Å². The van der Waals surface area contributed by atoms with Gasteiger partial charge in [-0.25, -0.2) is 9.18 Å². The minimum absolute atomic E-state index is 0.245. The molecule has 0 aliphatic rings. The van der Waals surface area contributed by atoms with Crippen LogP contribution in [0.4, 0.5) is 9.18 Å². The van der Waals surface area contributed by atoms with Gasteiger partial charge >= 0.3 is 6.03 Å². The minimum Gasteiger partial charge on any atom is -0.394 e. The van der Waals surface area contributed by atoms with E-state index in [1.165, 1.54) is 12.1 Å². The molecule has 0 aliphatic heterocycles. The number of carbonyl (C=O) groups is 1. The third kappa shape index (κ3) is 4.78. The first-order valence-corrected chi connectivity index (χ1v) is 7.68. The highest BCUT2D eigenvalue weighted by atomic mass is 19.1. The Labute approximate surface area is 140 Å². The lowest BCUT2D eigenvalue weighted by molar-refractivity contribution is 0.168. The lowest BCUT2D eigenvalue weighted by Gasteiger charge is -2.18. The molecule has 5 nitrogen and oxygen atoms in total. The zero-order chi connectivity index (χ0) is 17.5. The van der Waals surface area contributed by atoms with Gasteiger partial charge in [0.05, 0.1) is 25.3 Å². The number of aliphatic hydroxyl groups is 2. The first-order valence-electron chi connectivity index (χ1n) is 7.68. The number of nitrogens with one attached hydrogen (secondary N) is 2. The second-order valence-corrected chi connectivity index (χ2v) is 5.53. The number of aliphatic hydroxyl groups excluding tert-OH is 2. The van der Waals surface area contributed by atoms with Crippen molar-refractivity contribution >= 4 is 6.03 Å². The van der Waals surface area contributed by atoms with Crippen molar-refractivity contribution < 1.29 is 19.4 Å². The van der Waals surface area contributed by atoms with E-state index in [2.05, 4.69) is 10.6 Å². The van der Waals surface area contributed by atoms with Crippen LogP contribution in [-0.4, -0.2) is 35.5 Å². The van der Waals surface area contributed by atoms with Crippen molar-refractivity contribution in [2.24, 2.45) is 0 Å². The summed E-state index contributed by atoms with van der Waals surface area (Å²) < 4.78 is 13.0. The fraction of sp³-hybridized carbons (Fsp3) is 0.278. The van der Waals surface area contributed by atoms with Gasteiger partial charge in [0.25, 0.3) is 0 Å². The molecule has 128 valence electrons. The van der Waals surface area contributed by atoms with E-state index in [4.69, 9.17) is 10.2 Å². The Kier molecular flexibility index (Phi) is 6.28. The van der Waals surface area contributed by atoms with Crippen LogP contribution in [0.1, 0.15) is 18.5 Å². The molecule has 1 atom stereocenters. The first kappa shape index (κ1) is 17.9. The smallest absolute Gasteiger partial charge is 0.315 e. The molecule has 0 saturated heterocycles. The Morgan fingerprint density at radius 2 is 1.46 bits per heavy atom. The summed E-state index contributed by atoms with van der Waals surface area (Å²) in [6.07, 6.45) is 0. The largest absolute Gasteiger partial charge is 0.394 e. The summed E-state index contributed by atoms with van der Waals surface area (Å²) in [5, 5.41) is 23.1. The van der Waals surface area contributed by atoms with E-state index in [-0.39, 0.29) is 25.1 Å². The topological polar surface area (TPSA) is 81.6 Å². The second kappa shape index (κ2) is 8.42. The maximum absolute atomic E-state index is 13.0. The molecular weight excluding hydrogens is 311 g/mol. The van der Waals surface area contributed by atoms with Crippen molar-refractivity contribution in [2.45, 2.75) is 19.0 Å². The van der Waals surface area contributed by atoms with Gasteiger partial charge in [-0.1, -0.05) is 36.4 Å². The maximum Gasteiger partial charge on any atom is 0.315 e. The molecule has 0 heterocycles. The average Bonchev–Trinajstić information content (AvgIpc) is 2.60. The molecule has 0 bridgehead atoms. The van der Waals surface area contributed by atoms with Gasteiger partial charge < -0.3 is 20.8 Å². The summed E-state index contributed by atoms with van der Waals surface area (Å²) in [6, 6.07) is 12.4. The van der Waals surface area contributed by atoms with Gasteiger partial charge in [0.2, 0.25) is 0 Å². The van der Waals surface area contributed by atoms with E-state index in [0.717, 1.165) is 16.7 Å². The molecule has 0 saturated carbocycles. The van der Waals surface area contributed by atoms with Crippen molar-refractivity contribution in [1.29, 1.82) is 0 Å². The fourth-order valence-electron chi connectivity index (χ4n) is 2.26. The summed E-state index contributed by atoms with van der Waals surface area (Å²) >= 11 is 0. The summed E-state index contributed by atoms with van der Waals surface area (Å²) in [6.45, 7) is 1.18. The lowest BCUT2D eigenvalue weighted by Crippen LogP contribution is -2.46. The zero-order valence-electron chi connectivity index (χ0n) is 13.4. The van der Waals surface area contributed by atoms with Gasteiger partial charge in [-0.3, -0.25) is 0 Å². The molecule has 4 N–H and O–H groups in total. The van der Waals surface area contributed by atoms with Crippen LogP contribution in [0.25, 0.3) is 11.1 Å². The summed E-state index contributed by atoms with van der Waals surface area (Å²) in [7, 11) is 0. The number of halogens is 1. The first-order chi connectivity index (χ1) is 11.5. The van der Waals surface area contributed by atoms with E-state index in [1.54, 1.807) is 12.1 Å². The van der Waals surface area contributed by atoms with Crippen LogP contribution in [-0.2, 0) is 0 Å². The number of hydrogen-bond donors (Lipinski definition) is 4. The third-order valence-corrected chi connectivity index (χ3v) is 3.71. The molecule has 1 unspecified atom stereocenters. The van der Waals surface area contributed by atoms with E-state index in [0.29, 0.717) is 0 Å². The molecule has 2 aromatic carbocycles. The van der Waals surface area contributed by atoms with Crippen molar-refractivity contribution in [1.82, 2.24) is 10.6 Å². The van der Waals surface area contributed by atoms with E-state index in [1.807, 2.05) is 31.2 Å². The van der Waals surface area contributed by atoms with Crippen molar-refractivity contribution in [3.8, 4) is 11.1 Å². The molecule has 2 amide bonds. The second-order valence-electron chi connectivity index (χ2n) is 5.53. The summed E-state index contributed by atoms with van der Waals surface area (Å²) in [5.41, 5.74) is 2.77. The molecule has 6 heteroatoms. The number of benzene rings is 2. The maximum atomic E-state index is 13.0. The lowest BCUT2D eigenvalue weighted by atomic mass is 10.0. The standard InChI is InChI=1S/C18H21FN2O3/c1-12(20-18(24)21-17(10-22)11-23)13-2-4-14(5-3-13)15-6-8-16(19)9-7-15/h2-9,12,17,22-23H,10-11H2,1H3,(H2,20,21,24). The fourth-order valence-corrected chi connectivity index (χ4v) is 2.26. The molecule has 2 aromatic rings. The van der Waals surface area contributed by atoms with Crippen LogP contribution in [0.3, 0.4) is 0 Å². The zero-order valence-corrected chi connectivity index (χ0v) is 13.4. The molecular formula is C18H21FN2O3. The van der Waals surface area contributed by atoms with Gasteiger partial charge in [-0.2, -0.15) is 0 Å². The van der Waals surface area contributed by atoms with Crippen LogP contribution in [0.2, 0.25) is 0 Å². The Morgan fingerprint density at radius 1 is 0.958 bits per heavy atom. The highest BCUT2D eigenvalue weighted by Crippen LogP contribution is 2.22. The summed E-state index contributed by atoms with van der Waals surface area (Å²) in [5.74, 6) is -0.275. The van der Waals surface area contributed by atoms with Gasteiger partial charge in [0, 0.05) is 0 Å². The number of urea groups is 1.